The highest BCUT2D eigenvalue weighted by molar-refractivity contribution is 7.99. The molecule has 26 heavy (non-hydrogen) atoms. The fourth-order valence-electron chi connectivity index (χ4n) is 2.81. The number of hydrogen-bond acceptors (Lipinski definition) is 4. The maximum atomic E-state index is 12.6. The molecule has 0 saturated heterocycles. The average Bonchev–Trinajstić information content (AvgIpc) is 3.47. The van der Waals surface area contributed by atoms with E-state index in [1.54, 1.807) is 6.07 Å². The maximum Gasteiger partial charge on any atom is 0.252 e. The van der Waals surface area contributed by atoms with Crippen LogP contribution in [0.4, 0.5) is 0 Å². The summed E-state index contributed by atoms with van der Waals surface area (Å²) in [5, 5.41) is 7.61. The van der Waals surface area contributed by atoms with Gasteiger partial charge in [0, 0.05) is 17.5 Å². The number of hydrogen-bond donors (Lipinski definition) is 2. The Hall–Kier alpha value is -2.08. The van der Waals surface area contributed by atoms with Crippen LogP contribution >= 0.6 is 11.8 Å². The van der Waals surface area contributed by atoms with Crippen molar-refractivity contribution in [1.82, 2.24) is 15.6 Å². The summed E-state index contributed by atoms with van der Waals surface area (Å²) in [5.74, 6) is 0.239. The number of nitrogens with zero attached hydrogens (tertiary/aromatic N) is 1. The molecule has 3 rings (SSSR count). The summed E-state index contributed by atoms with van der Waals surface area (Å²) in [6.07, 6.45) is 3.94. The van der Waals surface area contributed by atoms with Crippen molar-refractivity contribution in [3.8, 4) is 0 Å². The number of rotatable bonds is 8. The molecule has 0 radical (unpaired) electrons. The molecule has 0 bridgehead atoms. The first-order valence-corrected chi connectivity index (χ1v) is 10.2. The third kappa shape index (κ3) is 4.75. The van der Waals surface area contributed by atoms with Crippen LogP contribution in [0.5, 0.6) is 0 Å². The monoisotopic (exact) mass is 371 g/mol. The second kappa shape index (κ2) is 8.54. The Balaban J connectivity index is 1.75. The van der Waals surface area contributed by atoms with Crippen molar-refractivity contribution >= 4 is 34.5 Å². The van der Waals surface area contributed by atoms with E-state index < -0.39 is 0 Å². The first-order chi connectivity index (χ1) is 12.6. The van der Waals surface area contributed by atoms with Gasteiger partial charge in [0.25, 0.3) is 5.91 Å². The molecule has 1 heterocycles. The summed E-state index contributed by atoms with van der Waals surface area (Å²) >= 11 is 1.37. The van der Waals surface area contributed by atoms with Gasteiger partial charge in [0.2, 0.25) is 5.91 Å². The van der Waals surface area contributed by atoms with Gasteiger partial charge in [-0.25, -0.2) is 4.98 Å². The number of amides is 2. The lowest BCUT2D eigenvalue weighted by Crippen LogP contribution is -2.35. The van der Waals surface area contributed by atoms with E-state index in [0.717, 1.165) is 36.6 Å². The zero-order valence-corrected chi connectivity index (χ0v) is 16.1. The first kappa shape index (κ1) is 18.7. The fraction of sp³-hybridized carbons (Fsp3) is 0.450. The molecule has 2 aromatic rings. The molecule has 1 aromatic heterocycles. The molecule has 138 valence electrons. The summed E-state index contributed by atoms with van der Waals surface area (Å²) in [6, 6.07) is 9.95. The topological polar surface area (TPSA) is 71.1 Å². The second-order valence-corrected chi connectivity index (χ2v) is 7.64. The number of pyridine rings is 1. The SMILES string of the molecule is CCC(CC)NC(=O)CSc1cc(C(=O)NC2CC2)c2ccccc2n1. The molecule has 5 nitrogen and oxygen atoms in total. The van der Waals surface area contributed by atoms with Gasteiger partial charge in [-0.05, 0) is 37.8 Å². The zero-order valence-electron chi connectivity index (χ0n) is 15.2. The van der Waals surface area contributed by atoms with Crippen LogP contribution in [0.1, 0.15) is 49.9 Å². The van der Waals surface area contributed by atoms with Crippen molar-refractivity contribution in [1.29, 1.82) is 0 Å². The van der Waals surface area contributed by atoms with Crippen molar-refractivity contribution in [2.24, 2.45) is 0 Å². The highest BCUT2D eigenvalue weighted by Crippen LogP contribution is 2.26. The van der Waals surface area contributed by atoms with E-state index in [-0.39, 0.29) is 17.9 Å². The van der Waals surface area contributed by atoms with Crippen molar-refractivity contribution in [3.05, 3.63) is 35.9 Å². The normalized spacial score (nSPS) is 13.8. The molecule has 0 unspecified atom stereocenters. The maximum absolute atomic E-state index is 12.6. The standard InChI is InChI=1S/C20H25N3O2S/c1-3-13(4-2)21-18(24)12-26-19-11-16(20(25)22-14-9-10-14)15-7-5-6-8-17(15)23-19/h5-8,11,13-14H,3-4,9-10,12H2,1-2H3,(H,21,24)(H,22,25). The Morgan fingerprint density at radius 1 is 1.23 bits per heavy atom. The van der Waals surface area contributed by atoms with Gasteiger partial charge in [-0.1, -0.05) is 43.8 Å². The number of nitrogens with one attached hydrogen (secondary N) is 2. The van der Waals surface area contributed by atoms with Crippen LogP contribution in [0.15, 0.2) is 35.4 Å². The van der Waals surface area contributed by atoms with Gasteiger partial charge in [0.1, 0.15) is 0 Å². The molecule has 1 saturated carbocycles. The molecule has 1 aromatic carbocycles. The van der Waals surface area contributed by atoms with Crippen LogP contribution in [-0.2, 0) is 4.79 Å². The predicted octanol–water partition coefficient (Wildman–Crippen LogP) is 3.52. The molecule has 1 aliphatic carbocycles. The number of benzene rings is 1. The average molecular weight is 372 g/mol. The van der Waals surface area contributed by atoms with Crippen molar-refractivity contribution in [2.45, 2.75) is 56.6 Å². The summed E-state index contributed by atoms with van der Waals surface area (Å²) < 4.78 is 0. The number of carbonyl (C=O) groups is 2. The Morgan fingerprint density at radius 2 is 1.96 bits per heavy atom. The smallest absolute Gasteiger partial charge is 0.252 e. The highest BCUT2D eigenvalue weighted by Gasteiger charge is 2.25. The fourth-order valence-corrected chi connectivity index (χ4v) is 3.53. The molecule has 0 atom stereocenters. The quantitative estimate of drug-likeness (QED) is 0.697. The first-order valence-electron chi connectivity index (χ1n) is 9.23. The van der Waals surface area contributed by atoms with Crippen molar-refractivity contribution < 1.29 is 9.59 Å². The number of aromatic nitrogens is 1. The Labute approximate surface area is 158 Å². The third-order valence-corrected chi connectivity index (χ3v) is 5.46. The van der Waals surface area contributed by atoms with Gasteiger partial charge in [-0.3, -0.25) is 9.59 Å². The van der Waals surface area contributed by atoms with E-state index in [1.165, 1.54) is 11.8 Å². The lowest BCUT2D eigenvalue weighted by atomic mass is 10.1. The van der Waals surface area contributed by atoms with Gasteiger partial charge in [0.05, 0.1) is 21.9 Å². The molecule has 2 N–H and O–H groups in total. The summed E-state index contributed by atoms with van der Waals surface area (Å²) in [4.78, 5) is 29.3. The minimum absolute atomic E-state index is 0.00244. The molecular weight excluding hydrogens is 346 g/mol. The van der Waals surface area contributed by atoms with Gasteiger partial charge < -0.3 is 10.6 Å². The lowest BCUT2D eigenvalue weighted by Gasteiger charge is -2.14. The zero-order chi connectivity index (χ0) is 18.5. The van der Waals surface area contributed by atoms with Gasteiger partial charge in [0.15, 0.2) is 0 Å². The van der Waals surface area contributed by atoms with E-state index in [9.17, 15) is 9.59 Å². The Bertz CT molecular complexity index is 801. The number of carbonyl (C=O) groups excluding carboxylic acids is 2. The van der Waals surface area contributed by atoms with E-state index >= 15 is 0 Å². The number of para-hydroxylation sites is 1. The predicted molar refractivity (Wildman–Crippen MR) is 105 cm³/mol. The van der Waals surface area contributed by atoms with Crippen molar-refractivity contribution in [2.75, 3.05) is 5.75 Å². The molecule has 1 aliphatic rings. The number of fused-ring (bicyclic) bond motifs is 1. The summed E-state index contributed by atoms with van der Waals surface area (Å²) in [7, 11) is 0. The Morgan fingerprint density at radius 3 is 2.65 bits per heavy atom. The molecule has 6 heteroatoms. The summed E-state index contributed by atoms with van der Waals surface area (Å²) in [6.45, 7) is 4.13. The van der Waals surface area contributed by atoms with Crippen LogP contribution < -0.4 is 10.6 Å². The minimum atomic E-state index is -0.0607. The van der Waals surface area contributed by atoms with Crippen LogP contribution in [0.3, 0.4) is 0 Å². The molecule has 1 fully saturated rings. The number of thioether (sulfide) groups is 1. The lowest BCUT2D eigenvalue weighted by molar-refractivity contribution is -0.119. The second-order valence-electron chi connectivity index (χ2n) is 6.64. The Kier molecular flexibility index (Phi) is 6.14. The van der Waals surface area contributed by atoms with Crippen LogP contribution in [0.25, 0.3) is 10.9 Å². The molecule has 0 aliphatic heterocycles. The van der Waals surface area contributed by atoms with Gasteiger partial charge in [-0.2, -0.15) is 0 Å². The largest absolute Gasteiger partial charge is 0.353 e. The minimum Gasteiger partial charge on any atom is -0.353 e. The molecule has 2 amide bonds. The van der Waals surface area contributed by atoms with E-state index in [4.69, 9.17) is 0 Å². The molecular formula is C20H25N3O2S. The van der Waals surface area contributed by atoms with E-state index in [0.29, 0.717) is 22.4 Å². The molecule has 0 spiro atoms. The van der Waals surface area contributed by atoms with Crippen LogP contribution in [0.2, 0.25) is 0 Å². The van der Waals surface area contributed by atoms with Crippen LogP contribution in [0, 0.1) is 0 Å². The van der Waals surface area contributed by atoms with Crippen LogP contribution in [-0.4, -0.2) is 34.6 Å². The van der Waals surface area contributed by atoms with E-state index in [2.05, 4.69) is 29.5 Å². The van der Waals surface area contributed by atoms with Crippen molar-refractivity contribution in [3.63, 3.8) is 0 Å². The van der Waals surface area contributed by atoms with Gasteiger partial charge in [-0.15, -0.1) is 0 Å². The van der Waals surface area contributed by atoms with E-state index in [1.807, 2.05) is 24.3 Å². The highest BCUT2D eigenvalue weighted by atomic mass is 32.2. The van der Waals surface area contributed by atoms with Gasteiger partial charge >= 0.3 is 0 Å². The summed E-state index contributed by atoms with van der Waals surface area (Å²) in [5.41, 5.74) is 1.41. The third-order valence-electron chi connectivity index (χ3n) is 4.55.